The minimum Gasteiger partial charge on any atom is -0.472 e. The normalized spacial score (nSPS) is 13.2. The molecule has 3 aromatic rings. The van der Waals surface area contributed by atoms with Crippen LogP contribution < -0.4 is 10.5 Å². The highest BCUT2D eigenvalue weighted by Gasteiger charge is 2.22. The quantitative estimate of drug-likeness (QED) is 0.720. The molecule has 0 unspecified atom stereocenters. The van der Waals surface area contributed by atoms with Gasteiger partial charge >= 0.3 is 0 Å². The Morgan fingerprint density at radius 2 is 2.00 bits per heavy atom. The van der Waals surface area contributed by atoms with Crippen LogP contribution in [0.15, 0.2) is 53.7 Å². The zero-order chi connectivity index (χ0) is 19.7. The van der Waals surface area contributed by atoms with Crippen LogP contribution in [0.1, 0.15) is 21.5 Å². The summed E-state index contributed by atoms with van der Waals surface area (Å²) in [6, 6.07) is 13.2. The lowest BCUT2D eigenvalue weighted by molar-refractivity contribution is 0.1000. The van der Waals surface area contributed by atoms with E-state index in [1.165, 1.54) is 0 Å². The largest absolute Gasteiger partial charge is 0.472 e. The summed E-state index contributed by atoms with van der Waals surface area (Å²) in [7, 11) is 1.82. The first kappa shape index (κ1) is 18.4. The van der Waals surface area contributed by atoms with Crippen molar-refractivity contribution in [3.63, 3.8) is 0 Å². The van der Waals surface area contributed by atoms with Crippen LogP contribution >= 0.6 is 11.6 Å². The van der Waals surface area contributed by atoms with E-state index in [0.717, 1.165) is 28.0 Å². The Kier molecular flexibility index (Phi) is 4.98. The highest BCUT2D eigenvalue weighted by atomic mass is 35.5. The summed E-state index contributed by atoms with van der Waals surface area (Å²) >= 11 is 6.23. The Morgan fingerprint density at radius 3 is 2.79 bits per heavy atom. The van der Waals surface area contributed by atoms with Gasteiger partial charge in [-0.05, 0) is 17.7 Å². The van der Waals surface area contributed by atoms with Crippen LogP contribution in [0.3, 0.4) is 0 Å². The molecule has 2 heterocycles. The van der Waals surface area contributed by atoms with Gasteiger partial charge in [0.15, 0.2) is 5.78 Å². The third-order valence-corrected chi connectivity index (χ3v) is 5.12. The second-order valence-corrected chi connectivity index (χ2v) is 6.92. The molecule has 1 aromatic heterocycles. The summed E-state index contributed by atoms with van der Waals surface area (Å²) in [4.78, 5) is 16.4. The predicted molar refractivity (Wildman–Crippen MR) is 109 cm³/mol. The van der Waals surface area contributed by atoms with Gasteiger partial charge in [0.25, 0.3) is 0 Å². The third kappa shape index (κ3) is 3.32. The Hall–Kier alpha value is -2.96. The molecule has 142 valence electrons. The molecule has 0 bridgehead atoms. The van der Waals surface area contributed by atoms with E-state index in [0.29, 0.717) is 23.1 Å². The van der Waals surface area contributed by atoms with Crippen molar-refractivity contribution in [3.05, 3.63) is 70.4 Å². The van der Waals surface area contributed by atoms with Gasteiger partial charge in [-0.25, -0.2) is 4.68 Å². The smallest absolute Gasteiger partial charge is 0.219 e. The van der Waals surface area contributed by atoms with Gasteiger partial charge in [0.1, 0.15) is 13.2 Å². The van der Waals surface area contributed by atoms with Crippen LogP contribution in [-0.4, -0.2) is 34.4 Å². The molecule has 6 nitrogen and oxygen atoms in total. The van der Waals surface area contributed by atoms with Crippen molar-refractivity contribution in [2.24, 2.45) is 17.8 Å². The van der Waals surface area contributed by atoms with E-state index >= 15 is 0 Å². The fraction of sp³-hybridized carbons (Fsp3) is 0.190. The molecule has 0 aliphatic carbocycles. The summed E-state index contributed by atoms with van der Waals surface area (Å²) in [6.07, 6.45) is 1.74. The van der Waals surface area contributed by atoms with Crippen LogP contribution in [0.25, 0.3) is 11.1 Å². The summed E-state index contributed by atoms with van der Waals surface area (Å²) in [5.74, 6) is 0.619. The number of halogens is 1. The lowest BCUT2D eigenvalue weighted by Crippen LogP contribution is -2.24. The molecule has 0 atom stereocenters. The summed E-state index contributed by atoms with van der Waals surface area (Å²) in [6.45, 7) is 0.760. The second kappa shape index (κ2) is 7.58. The van der Waals surface area contributed by atoms with Crippen molar-refractivity contribution in [3.8, 4) is 17.0 Å². The molecule has 0 saturated carbocycles. The number of ether oxygens (including phenoxy) is 1. The van der Waals surface area contributed by atoms with E-state index in [1.807, 2.05) is 49.5 Å². The monoisotopic (exact) mass is 394 g/mol. The average Bonchev–Trinajstić information content (AvgIpc) is 3.08. The first-order valence-electron chi connectivity index (χ1n) is 8.88. The maximum absolute atomic E-state index is 12.2. The van der Waals surface area contributed by atoms with Crippen molar-refractivity contribution in [1.82, 2.24) is 9.78 Å². The number of aryl methyl sites for hydroxylation is 1. The molecule has 28 heavy (non-hydrogen) atoms. The number of Topliss-reactive ketones (excluding diaryl/α,β-unsaturated/α-hetero) is 1. The van der Waals surface area contributed by atoms with Gasteiger partial charge in [0, 0.05) is 35.3 Å². The Bertz CT molecular complexity index is 1090. The summed E-state index contributed by atoms with van der Waals surface area (Å²) in [5.41, 5.74) is 10.6. The van der Waals surface area contributed by atoms with Crippen LogP contribution in [0.2, 0.25) is 5.02 Å². The number of rotatable bonds is 5. The van der Waals surface area contributed by atoms with Gasteiger partial charge in [-0.3, -0.25) is 9.79 Å². The molecule has 0 fully saturated rings. The first-order valence-corrected chi connectivity index (χ1v) is 9.26. The number of carbonyl (C=O) groups excluding carboxylic acids is 1. The zero-order valence-corrected chi connectivity index (χ0v) is 16.1. The molecule has 0 spiro atoms. The molecule has 4 rings (SSSR count). The van der Waals surface area contributed by atoms with Crippen LogP contribution in [-0.2, 0) is 13.7 Å². The van der Waals surface area contributed by atoms with E-state index in [2.05, 4.69) is 10.1 Å². The highest BCUT2D eigenvalue weighted by molar-refractivity contribution is 6.31. The van der Waals surface area contributed by atoms with Gasteiger partial charge < -0.3 is 10.5 Å². The van der Waals surface area contributed by atoms with E-state index < -0.39 is 0 Å². The number of nitrogens with zero attached hydrogens (tertiary/aromatic N) is 3. The topological polar surface area (TPSA) is 82.5 Å². The van der Waals surface area contributed by atoms with Gasteiger partial charge in [0.05, 0.1) is 17.5 Å². The molecular formula is C21H19ClN4O2. The molecule has 0 saturated heterocycles. The molecule has 2 aromatic carbocycles. The Morgan fingerprint density at radius 1 is 1.18 bits per heavy atom. The molecule has 2 N–H and O–H groups in total. The van der Waals surface area contributed by atoms with Crippen molar-refractivity contribution in [1.29, 1.82) is 0 Å². The number of fused-ring (bicyclic) bond motifs is 1. The van der Waals surface area contributed by atoms with Crippen LogP contribution in [0.4, 0.5) is 0 Å². The minimum absolute atomic E-state index is 0.000120. The number of hydrogen-bond donors (Lipinski definition) is 1. The number of nitrogens with two attached hydrogens (primary N) is 1. The standard InChI is InChI=1S/C21H19ClN4O2/c1-26-21(28-12-14-4-2-3-5-18(14)22)17(10-25-26)13-6-7-15-16(8-13)19(9-23)24-11-20(15)27/h2-8,10H,9,11-12,23H2,1H3. The average molecular weight is 395 g/mol. The Balaban J connectivity index is 1.69. The Labute approximate surface area is 167 Å². The van der Waals surface area contributed by atoms with Crippen molar-refractivity contribution >= 4 is 23.1 Å². The molecular weight excluding hydrogens is 376 g/mol. The predicted octanol–water partition coefficient (Wildman–Crippen LogP) is 3.26. The first-order chi connectivity index (χ1) is 13.6. The molecule has 7 heteroatoms. The summed E-state index contributed by atoms with van der Waals surface area (Å²) < 4.78 is 7.72. The van der Waals surface area contributed by atoms with Gasteiger partial charge in [0.2, 0.25) is 5.88 Å². The van der Waals surface area contributed by atoms with Gasteiger partial charge in [-0.1, -0.05) is 41.9 Å². The molecule has 0 amide bonds. The van der Waals surface area contributed by atoms with Gasteiger partial charge in [-0.15, -0.1) is 0 Å². The highest BCUT2D eigenvalue weighted by Crippen LogP contribution is 2.32. The van der Waals surface area contributed by atoms with Crippen LogP contribution in [0.5, 0.6) is 5.88 Å². The lowest BCUT2D eigenvalue weighted by atomic mass is 9.93. The lowest BCUT2D eigenvalue weighted by Gasteiger charge is -2.16. The number of carbonyl (C=O) groups is 1. The maximum atomic E-state index is 12.2. The molecule has 1 aliphatic rings. The van der Waals surface area contributed by atoms with E-state index in [-0.39, 0.29) is 18.9 Å². The van der Waals surface area contributed by atoms with E-state index in [9.17, 15) is 4.79 Å². The van der Waals surface area contributed by atoms with Gasteiger partial charge in [-0.2, -0.15) is 5.10 Å². The van der Waals surface area contributed by atoms with Crippen LogP contribution in [0, 0.1) is 0 Å². The fourth-order valence-corrected chi connectivity index (χ4v) is 3.45. The SMILES string of the molecule is Cn1ncc(-c2ccc3c(c2)C(CN)=NCC3=O)c1OCc1ccccc1Cl. The number of aromatic nitrogens is 2. The second-order valence-electron chi connectivity index (χ2n) is 6.52. The number of aliphatic imine (C=N–C) groups is 1. The number of benzene rings is 2. The van der Waals surface area contributed by atoms with Crippen molar-refractivity contribution in [2.75, 3.05) is 13.1 Å². The van der Waals surface area contributed by atoms with E-state index in [1.54, 1.807) is 10.9 Å². The molecule has 1 aliphatic heterocycles. The minimum atomic E-state index is 0.000120. The number of hydrogen-bond acceptors (Lipinski definition) is 5. The third-order valence-electron chi connectivity index (χ3n) is 4.76. The maximum Gasteiger partial charge on any atom is 0.219 e. The van der Waals surface area contributed by atoms with Crippen molar-refractivity contribution < 1.29 is 9.53 Å². The van der Waals surface area contributed by atoms with Crippen molar-refractivity contribution in [2.45, 2.75) is 6.61 Å². The fourth-order valence-electron chi connectivity index (χ4n) is 3.26. The zero-order valence-electron chi connectivity index (χ0n) is 15.4. The molecule has 0 radical (unpaired) electrons. The number of ketones is 1. The summed E-state index contributed by atoms with van der Waals surface area (Å²) in [5, 5.41) is 4.99. The van der Waals surface area contributed by atoms with E-state index in [4.69, 9.17) is 22.1 Å².